The molecule has 2 aromatic rings. The Kier molecular flexibility index (Phi) is 5.62. The van der Waals surface area contributed by atoms with Crippen molar-refractivity contribution in [1.82, 2.24) is 14.9 Å². The van der Waals surface area contributed by atoms with Gasteiger partial charge in [-0.25, -0.2) is 4.39 Å². The van der Waals surface area contributed by atoms with Crippen LogP contribution in [0, 0.1) is 18.7 Å². The van der Waals surface area contributed by atoms with E-state index < -0.39 is 0 Å². The Labute approximate surface area is 178 Å². The number of carbonyl (C=O) groups is 1. The van der Waals surface area contributed by atoms with E-state index in [4.69, 9.17) is 4.98 Å². The summed E-state index contributed by atoms with van der Waals surface area (Å²) in [6.45, 7) is 7.50. The zero-order valence-electron chi connectivity index (χ0n) is 18.4. The molecule has 30 heavy (non-hydrogen) atoms. The largest absolute Gasteiger partial charge is 0.309 e. The lowest BCUT2D eigenvalue weighted by Gasteiger charge is -2.35. The van der Waals surface area contributed by atoms with Crippen LogP contribution in [-0.2, 0) is 16.8 Å². The van der Waals surface area contributed by atoms with Crippen LogP contribution >= 0.6 is 0 Å². The molecule has 2 aromatic heterocycles. The molecular weight excluding hydrogens is 379 g/mol. The number of hydrogen-bond donors (Lipinski definition) is 0. The number of halogens is 1. The van der Waals surface area contributed by atoms with Crippen LogP contribution in [0.1, 0.15) is 56.6 Å². The quantitative estimate of drug-likeness (QED) is 0.757. The first kappa shape index (κ1) is 20.9. The summed E-state index contributed by atoms with van der Waals surface area (Å²) in [5, 5.41) is 0. The second-order valence-corrected chi connectivity index (χ2v) is 9.48. The van der Waals surface area contributed by atoms with Crippen LogP contribution in [0.4, 0.5) is 10.1 Å². The minimum absolute atomic E-state index is 0.0456. The Bertz CT molecular complexity index is 937. The molecule has 3 heterocycles. The van der Waals surface area contributed by atoms with Crippen LogP contribution in [0.3, 0.4) is 0 Å². The van der Waals surface area contributed by atoms with Crippen molar-refractivity contribution in [3.63, 3.8) is 0 Å². The Morgan fingerprint density at radius 1 is 1.23 bits per heavy atom. The molecule has 160 valence electrons. The molecule has 5 nitrogen and oxygen atoms in total. The monoisotopic (exact) mass is 410 g/mol. The van der Waals surface area contributed by atoms with Gasteiger partial charge in [0, 0.05) is 42.4 Å². The van der Waals surface area contributed by atoms with E-state index in [0.717, 1.165) is 42.8 Å². The molecule has 0 spiro atoms. The normalized spacial score (nSPS) is 22.9. The lowest BCUT2D eigenvalue weighted by molar-refractivity contribution is -0.123. The second-order valence-electron chi connectivity index (χ2n) is 9.48. The van der Waals surface area contributed by atoms with Gasteiger partial charge in [0.15, 0.2) is 0 Å². The second kappa shape index (κ2) is 8.06. The molecule has 6 heteroatoms. The number of nitrogens with zero attached hydrogens (tertiary/aromatic N) is 4. The standard InChI is InChI=1S/C24H31FN4O/c1-16-7-12-21-22(27-16)24(2,3)15-29(21)23(30)17-8-10-18(11-9-17)28(4)14-20-19(25)6-5-13-26-20/h5-7,12-13,17-18H,8-11,14-15H2,1-4H3. The van der Waals surface area contributed by atoms with Crippen molar-refractivity contribution in [2.24, 2.45) is 5.92 Å². The van der Waals surface area contributed by atoms with Crippen molar-refractivity contribution < 1.29 is 9.18 Å². The van der Waals surface area contributed by atoms with E-state index in [0.29, 0.717) is 24.8 Å². The molecule has 4 rings (SSSR count). The van der Waals surface area contributed by atoms with Gasteiger partial charge in [0.05, 0.1) is 17.1 Å². The Balaban J connectivity index is 1.39. The zero-order chi connectivity index (χ0) is 21.5. The highest BCUT2D eigenvalue weighted by atomic mass is 19.1. The molecule has 1 aliphatic heterocycles. The first-order valence-electron chi connectivity index (χ1n) is 10.9. The van der Waals surface area contributed by atoms with Gasteiger partial charge in [0.1, 0.15) is 5.82 Å². The van der Waals surface area contributed by atoms with E-state index in [-0.39, 0.29) is 23.1 Å². The summed E-state index contributed by atoms with van der Waals surface area (Å²) in [4.78, 5) is 26.4. The van der Waals surface area contributed by atoms with Gasteiger partial charge >= 0.3 is 0 Å². The van der Waals surface area contributed by atoms with Crippen molar-refractivity contribution in [3.05, 3.63) is 53.4 Å². The average Bonchev–Trinajstić information content (AvgIpc) is 2.99. The Morgan fingerprint density at radius 2 is 1.97 bits per heavy atom. The highest BCUT2D eigenvalue weighted by Crippen LogP contribution is 2.41. The van der Waals surface area contributed by atoms with E-state index in [2.05, 4.69) is 23.7 Å². The highest BCUT2D eigenvalue weighted by Gasteiger charge is 2.42. The number of aryl methyl sites for hydroxylation is 1. The molecule has 0 atom stereocenters. The van der Waals surface area contributed by atoms with Crippen LogP contribution in [0.2, 0.25) is 0 Å². The third kappa shape index (κ3) is 3.97. The van der Waals surface area contributed by atoms with Gasteiger partial charge in [-0.15, -0.1) is 0 Å². The fraction of sp³-hybridized carbons (Fsp3) is 0.542. The Hall–Kier alpha value is -2.34. The summed E-state index contributed by atoms with van der Waals surface area (Å²) in [6, 6.07) is 7.46. The van der Waals surface area contributed by atoms with Crippen molar-refractivity contribution in [2.45, 2.75) is 64.5 Å². The predicted octanol–water partition coefficient (Wildman–Crippen LogP) is 4.24. The Morgan fingerprint density at radius 3 is 2.67 bits per heavy atom. The number of fused-ring (bicyclic) bond motifs is 1. The van der Waals surface area contributed by atoms with E-state index in [1.54, 1.807) is 12.3 Å². The van der Waals surface area contributed by atoms with Crippen LogP contribution < -0.4 is 4.90 Å². The smallest absolute Gasteiger partial charge is 0.230 e. The number of anilines is 1. The van der Waals surface area contributed by atoms with Crippen molar-refractivity contribution in [1.29, 1.82) is 0 Å². The zero-order valence-corrected chi connectivity index (χ0v) is 18.4. The third-order valence-corrected chi connectivity index (χ3v) is 6.67. The summed E-state index contributed by atoms with van der Waals surface area (Å²) in [5.41, 5.74) is 3.35. The van der Waals surface area contributed by atoms with Gasteiger partial charge in [-0.2, -0.15) is 0 Å². The van der Waals surface area contributed by atoms with Crippen molar-refractivity contribution in [3.8, 4) is 0 Å². The van der Waals surface area contributed by atoms with E-state index in [1.165, 1.54) is 6.07 Å². The maximum Gasteiger partial charge on any atom is 0.230 e. The van der Waals surface area contributed by atoms with Crippen molar-refractivity contribution in [2.75, 3.05) is 18.5 Å². The molecule has 0 radical (unpaired) electrons. The molecule has 0 unspecified atom stereocenters. The number of amides is 1. The lowest BCUT2D eigenvalue weighted by Crippen LogP contribution is -2.42. The number of rotatable bonds is 4. The fourth-order valence-electron chi connectivity index (χ4n) is 4.90. The van der Waals surface area contributed by atoms with Crippen LogP contribution in [0.15, 0.2) is 30.5 Å². The maximum atomic E-state index is 13.9. The van der Waals surface area contributed by atoms with Gasteiger partial charge in [-0.3, -0.25) is 19.7 Å². The molecule has 0 saturated heterocycles. The van der Waals surface area contributed by atoms with Gasteiger partial charge in [-0.1, -0.05) is 13.8 Å². The maximum absolute atomic E-state index is 13.9. The highest BCUT2D eigenvalue weighted by molar-refractivity contribution is 5.97. The summed E-state index contributed by atoms with van der Waals surface area (Å²) in [5.74, 6) is 0.0148. The predicted molar refractivity (Wildman–Crippen MR) is 116 cm³/mol. The summed E-state index contributed by atoms with van der Waals surface area (Å²) in [7, 11) is 2.02. The van der Waals surface area contributed by atoms with Crippen LogP contribution in [-0.4, -0.2) is 40.4 Å². The molecule has 1 fully saturated rings. The fourth-order valence-corrected chi connectivity index (χ4v) is 4.90. The molecule has 0 bridgehead atoms. The molecule has 0 N–H and O–H groups in total. The summed E-state index contributed by atoms with van der Waals surface area (Å²) >= 11 is 0. The van der Waals surface area contributed by atoms with Gasteiger partial charge < -0.3 is 4.90 Å². The first-order valence-corrected chi connectivity index (χ1v) is 10.9. The number of hydrogen-bond acceptors (Lipinski definition) is 4. The first-order chi connectivity index (χ1) is 14.3. The molecule has 1 amide bonds. The molecule has 1 saturated carbocycles. The molecule has 0 aromatic carbocycles. The molecular formula is C24H31FN4O. The van der Waals surface area contributed by atoms with E-state index >= 15 is 0 Å². The SMILES string of the molecule is Cc1ccc2c(n1)C(C)(C)CN2C(=O)C1CCC(N(C)Cc2ncccc2F)CC1. The lowest BCUT2D eigenvalue weighted by atomic mass is 9.84. The number of carbonyl (C=O) groups excluding carboxylic acids is 1. The number of aromatic nitrogens is 2. The summed E-state index contributed by atoms with van der Waals surface area (Å²) in [6.07, 6.45) is 5.25. The van der Waals surface area contributed by atoms with Gasteiger partial charge in [0.25, 0.3) is 0 Å². The third-order valence-electron chi connectivity index (χ3n) is 6.67. The topological polar surface area (TPSA) is 49.3 Å². The minimum atomic E-state index is -0.257. The van der Waals surface area contributed by atoms with Crippen LogP contribution in [0.25, 0.3) is 0 Å². The van der Waals surface area contributed by atoms with Crippen molar-refractivity contribution >= 4 is 11.6 Å². The average molecular weight is 411 g/mol. The number of pyridine rings is 2. The van der Waals surface area contributed by atoms with Gasteiger partial charge in [-0.05, 0) is 63.9 Å². The minimum Gasteiger partial charge on any atom is -0.309 e. The molecule has 2 aliphatic rings. The van der Waals surface area contributed by atoms with Crippen LogP contribution in [0.5, 0.6) is 0 Å². The van der Waals surface area contributed by atoms with E-state index in [1.807, 2.05) is 31.0 Å². The van der Waals surface area contributed by atoms with Gasteiger partial charge in [0.2, 0.25) is 5.91 Å². The van der Waals surface area contributed by atoms with E-state index in [9.17, 15) is 9.18 Å². The molecule has 1 aliphatic carbocycles. The summed E-state index contributed by atoms with van der Waals surface area (Å²) < 4.78 is 13.9.